The Hall–Kier alpha value is -1.10. The van der Waals surface area contributed by atoms with Crippen LogP contribution in [0, 0.1) is 0 Å². The molecule has 0 saturated carbocycles. The third-order valence-electron chi connectivity index (χ3n) is 1.47. The monoisotopic (exact) mass is 215 g/mol. The van der Waals surface area contributed by atoms with Gasteiger partial charge in [-0.2, -0.15) is 0 Å². The van der Waals surface area contributed by atoms with Gasteiger partial charge in [-0.1, -0.05) is 11.6 Å². The highest BCUT2D eigenvalue weighted by Crippen LogP contribution is 2.25. The van der Waals surface area contributed by atoms with E-state index in [0.29, 0.717) is 16.7 Å². The van der Waals surface area contributed by atoms with Crippen LogP contribution in [0.1, 0.15) is 20.8 Å². The summed E-state index contributed by atoms with van der Waals surface area (Å²) >= 11 is 6.04. The van der Waals surface area contributed by atoms with Gasteiger partial charge in [0, 0.05) is 12.6 Å². The average Bonchev–Trinajstić information content (AvgIpc) is 2.11. The van der Waals surface area contributed by atoms with Crippen LogP contribution in [0.15, 0.2) is 0 Å². The van der Waals surface area contributed by atoms with Crippen molar-refractivity contribution >= 4 is 23.2 Å². The summed E-state index contributed by atoms with van der Waals surface area (Å²) < 4.78 is 0. The molecule has 78 valence electrons. The third-order valence-corrected chi connectivity index (χ3v) is 1.83. The normalized spacial score (nSPS) is 10.4. The summed E-state index contributed by atoms with van der Waals surface area (Å²) in [6.45, 7) is 6.73. The standard InChI is InChI=1S/C8H14ClN5/c1-4-10-7-6(9)8(11-5(2)3)13-14-12-7/h5H,4H2,1-3H3,(H2,10,11,12,13). The van der Waals surface area contributed by atoms with Crippen LogP contribution in [0.2, 0.25) is 5.02 Å². The number of anilines is 2. The van der Waals surface area contributed by atoms with E-state index in [4.69, 9.17) is 11.6 Å². The van der Waals surface area contributed by atoms with E-state index in [-0.39, 0.29) is 6.04 Å². The van der Waals surface area contributed by atoms with Crippen molar-refractivity contribution in [2.75, 3.05) is 17.2 Å². The summed E-state index contributed by atoms with van der Waals surface area (Å²) in [6.07, 6.45) is 0. The Bertz CT molecular complexity index is 302. The van der Waals surface area contributed by atoms with Crippen LogP contribution in [0.5, 0.6) is 0 Å². The maximum atomic E-state index is 6.04. The maximum Gasteiger partial charge on any atom is 0.173 e. The van der Waals surface area contributed by atoms with Crippen molar-refractivity contribution in [2.45, 2.75) is 26.8 Å². The largest absolute Gasteiger partial charge is 0.367 e. The molecule has 0 aliphatic carbocycles. The molecular weight excluding hydrogens is 202 g/mol. The second-order valence-electron chi connectivity index (χ2n) is 3.13. The number of hydrogen-bond donors (Lipinski definition) is 2. The predicted molar refractivity (Wildman–Crippen MR) is 57.8 cm³/mol. The Balaban J connectivity index is 2.89. The maximum absolute atomic E-state index is 6.04. The molecule has 0 atom stereocenters. The fourth-order valence-electron chi connectivity index (χ4n) is 0.958. The molecule has 0 aliphatic heterocycles. The Morgan fingerprint density at radius 3 is 2.50 bits per heavy atom. The van der Waals surface area contributed by atoms with Gasteiger partial charge >= 0.3 is 0 Å². The SMILES string of the molecule is CCNc1nnnc(NC(C)C)c1Cl. The molecule has 1 aromatic heterocycles. The fourth-order valence-corrected chi connectivity index (χ4v) is 1.15. The molecule has 0 radical (unpaired) electrons. The molecule has 0 aliphatic rings. The summed E-state index contributed by atoms with van der Waals surface area (Å²) in [5, 5.41) is 17.8. The minimum Gasteiger partial charge on any atom is -0.367 e. The zero-order chi connectivity index (χ0) is 10.6. The lowest BCUT2D eigenvalue weighted by Gasteiger charge is -2.11. The van der Waals surface area contributed by atoms with Gasteiger partial charge in [0.05, 0.1) is 0 Å². The highest BCUT2D eigenvalue weighted by atomic mass is 35.5. The topological polar surface area (TPSA) is 62.7 Å². The van der Waals surface area contributed by atoms with Crippen LogP contribution < -0.4 is 10.6 Å². The molecule has 1 rings (SSSR count). The van der Waals surface area contributed by atoms with Gasteiger partial charge in [-0.3, -0.25) is 0 Å². The van der Waals surface area contributed by atoms with Gasteiger partial charge in [-0.25, -0.2) is 0 Å². The van der Waals surface area contributed by atoms with Crippen LogP contribution >= 0.6 is 11.6 Å². The molecule has 14 heavy (non-hydrogen) atoms. The Kier molecular flexibility index (Phi) is 3.88. The van der Waals surface area contributed by atoms with E-state index in [9.17, 15) is 0 Å². The van der Waals surface area contributed by atoms with E-state index in [2.05, 4.69) is 26.0 Å². The Morgan fingerprint density at radius 2 is 1.93 bits per heavy atom. The van der Waals surface area contributed by atoms with E-state index in [1.807, 2.05) is 20.8 Å². The van der Waals surface area contributed by atoms with Gasteiger partial charge in [-0.15, -0.1) is 10.2 Å². The molecule has 0 unspecified atom stereocenters. The molecule has 0 fully saturated rings. The Morgan fingerprint density at radius 1 is 1.29 bits per heavy atom. The van der Waals surface area contributed by atoms with Gasteiger partial charge in [0.2, 0.25) is 0 Å². The molecule has 1 heterocycles. The van der Waals surface area contributed by atoms with Crippen molar-refractivity contribution in [3.63, 3.8) is 0 Å². The van der Waals surface area contributed by atoms with Gasteiger partial charge in [0.15, 0.2) is 11.6 Å². The van der Waals surface area contributed by atoms with Crippen LogP contribution in [0.4, 0.5) is 11.6 Å². The molecule has 6 heteroatoms. The summed E-state index contributed by atoms with van der Waals surface area (Å²) in [6, 6.07) is 0.263. The van der Waals surface area contributed by atoms with Gasteiger partial charge in [0.25, 0.3) is 0 Å². The molecule has 0 aromatic carbocycles. The Labute approximate surface area is 88.3 Å². The zero-order valence-corrected chi connectivity index (χ0v) is 9.26. The number of halogens is 1. The lowest BCUT2D eigenvalue weighted by atomic mass is 10.4. The minimum absolute atomic E-state index is 0.263. The molecule has 2 N–H and O–H groups in total. The van der Waals surface area contributed by atoms with Crippen LogP contribution in [0.3, 0.4) is 0 Å². The average molecular weight is 216 g/mol. The summed E-state index contributed by atoms with van der Waals surface area (Å²) in [7, 11) is 0. The molecule has 0 spiro atoms. The van der Waals surface area contributed by atoms with E-state index in [0.717, 1.165) is 6.54 Å². The van der Waals surface area contributed by atoms with Gasteiger partial charge in [-0.05, 0) is 26.0 Å². The highest BCUT2D eigenvalue weighted by Gasteiger charge is 2.09. The quantitative estimate of drug-likeness (QED) is 0.802. The van der Waals surface area contributed by atoms with Crippen molar-refractivity contribution in [1.82, 2.24) is 15.4 Å². The first kappa shape index (κ1) is 11.0. The first-order valence-electron chi connectivity index (χ1n) is 4.54. The second kappa shape index (κ2) is 4.95. The molecule has 0 saturated heterocycles. The van der Waals surface area contributed by atoms with Crippen molar-refractivity contribution in [1.29, 1.82) is 0 Å². The zero-order valence-electron chi connectivity index (χ0n) is 8.50. The first-order chi connectivity index (χ1) is 6.65. The molecular formula is C8H14ClN5. The number of hydrogen-bond acceptors (Lipinski definition) is 5. The molecule has 1 aromatic rings. The van der Waals surface area contributed by atoms with E-state index in [1.54, 1.807) is 0 Å². The minimum atomic E-state index is 0.263. The lowest BCUT2D eigenvalue weighted by Crippen LogP contribution is -2.14. The van der Waals surface area contributed by atoms with Gasteiger partial charge < -0.3 is 10.6 Å². The van der Waals surface area contributed by atoms with Crippen LogP contribution in [0.25, 0.3) is 0 Å². The third kappa shape index (κ3) is 2.70. The van der Waals surface area contributed by atoms with E-state index >= 15 is 0 Å². The number of nitrogens with zero attached hydrogens (tertiary/aromatic N) is 3. The molecule has 0 amide bonds. The van der Waals surface area contributed by atoms with E-state index < -0.39 is 0 Å². The fraction of sp³-hybridized carbons (Fsp3) is 0.625. The summed E-state index contributed by atoms with van der Waals surface area (Å²) in [4.78, 5) is 0. The van der Waals surface area contributed by atoms with Crippen molar-refractivity contribution < 1.29 is 0 Å². The number of rotatable bonds is 4. The van der Waals surface area contributed by atoms with Crippen molar-refractivity contribution in [2.24, 2.45) is 0 Å². The lowest BCUT2D eigenvalue weighted by molar-refractivity contribution is 0.829. The van der Waals surface area contributed by atoms with E-state index in [1.165, 1.54) is 0 Å². The highest BCUT2D eigenvalue weighted by molar-refractivity contribution is 6.35. The number of nitrogens with one attached hydrogen (secondary N) is 2. The first-order valence-corrected chi connectivity index (χ1v) is 4.92. The number of aromatic nitrogens is 3. The smallest absolute Gasteiger partial charge is 0.173 e. The van der Waals surface area contributed by atoms with Crippen LogP contribution in [-0.4, -0.2) is 28.0 Å². The van der Waals surface area contributed by atoms with Crippen molar-refractivity contribution in [3.05, 3.63) is 5.02 Å². The van der Waals surface area contributed by atoms with Gasteiger partial charge in [0.1, 0.15) is 5.02 Å². The second-order valence-corrected chi connectivity index (χ2v) is 3.51. The van der Waals surface area contributed by atoms with Crippen LogP contribution in [-0.2, 0) is 0 Å². The summed E-state index contributed by atoms with van der Waals surface area (Å²) in [5.41, 5.74) is 0. The molecule has 0 bridgehead atoms. The molecule has 5 nitrogen and oxygen atoms in total. The summed E-state index contributed by atoms with van der Waals surface area (Å²) in [5.74, 6) is 1.12. The van der Waals surface area contributed by atoms with Crippen molar-refractivity contribution in [3.8, 4) is 0 Å². The predicted octanol–water partition coefficient (Wildman–Crippen LogP) is 1.78.